The van der Waals surface area contributed by atoms with E-state index in [1.807, 2.05) is 43.3 Å². The Morgan fingerprint density at radius 1 is 1.06 bits per heavy atom. The zero-order chi connectivity index (χ0) is 22.4. The number of amides is 3. The van der Waals surface area contributed by atoms with Gasteiger partial charge in [0, 0.05) is 38.9 Å². The Hall–Kier alpha value is -3.23. The van der Waals surface area contributed by atoms with Crippen LogP contribution in [0.1, 0.15) is 27.0 Å². The normalized spacial score (nSPS) is 15.8. The Kier molecular flexibility index (Phi) is 7.38. The molecule has 1 aliphatic heterocycles. The van der Waals surface area contributed by atoms with Crippen molar-refractivity contribution in [3.8, 4) is 0 Å². The number of hydrogen-bond acceptors (Lipinski definition) is 5. The minimum absolute atomic E-state index is 0.158. The highest BCUT2D eigenvalue weighted by molar-refractivity contribution is 5.99. The fourth-order valence-corrected chi connectivity index (χ4v) is 3.60. The molecule has 1 unspecified atom stereocenters. The number of benzene rings is 2. The molecular formula is C23H28N4O4. The Morgan fingerprint density at radius 2 is 1.74 bits per heavy atom. The van der Waals surface area contributed by atoms with Gasteiger partial charge in [-0.1, -0.05) is 42.0 Å². The number of carbonyl (C=O) groups is 3. The third-order valence-electron chi connectivity index (χ3n) is 5.25. The second-order valence-corrected chi connectivity index (χ2v) is 7.50. The van der Waals surface area contributed by atoms with E-state index in [9.17, 15) is 14.4 Å². The van der Waals surface area contributed by atoms with Crippen molar-refractivity contribution in [1.29, 1.82) is 0 Å². The fraction of sp³-hybridized carbons (Fsp3) is 0.348. The molecule has 1 fully saturated rings. The van der Waals surface area contributed by atoms with Crippen molar-refractivity contribution in [3.63, 3.8) is 0 Å². The van der Waals surface area contributed by atoms with Crippen LogP contribution in [-0.4, -0.2) is 60.5 Å². The van der Waals surface area contributed by atoms with Crippen molar-refractivity contribution in [2.45, 2.75) is 26.2 Å². The Bertz CT molecular complexity index is 945. The predicted octanol–water partition coefficient (Wildman–Crippen LogP) is 1.03. The topological polar surface area (TPSA) is 105 Å². The van der Waals surface area contributed by atoms with E-state index >= 15 is 0 Å². The third kappa shape index (κ3) is 5.28. The molecule has 31 heavy (non-hydrogen) atoms. The first-order valence-corrected chi connectivity index (χ1v) is 10.2. The number of aryl methyl sites for hydroxylation is 1. The maximum atomic E-state index is 13.1. The largest absolute Gasteiger partial charge is 0.375 e. The van der Waals surface area contributed by atoms with E-state index in [-0.39, 0.29) is 38.1 Å². The van der Waals surface area contributed by atoms with Gasteiger partial charge in [-0.05, 0) is 30.2 Å². The van der Waals surface area contributed by atoms with Crippen molar-refractivity contribution >= 4 is 17.7 Å². The maximum absolute atomic E-state index is 13.1. The van der Waals surface area contributed by atoms with Crippen LogP contribution in [0.4, 0.5) is 0 Å². The number of nitrogens with two attached hydrogens (primary N) is 1. The molecule has 164 valence electrons. The van der Waals surface area contributed by atoms with Crippen LogP contribution in [0.25, 0.3) is 0 Å². The summed E-state index contributed by atoms with van der Waals surface area (Å²) in [6.07, 6.45) is -1.03. The molecule has 1 saturated heterocycles. The Labute approximate surface area is 182 Å². The first-order valence-electron chi connectivity index (χ1n) is 10.2. The smallest absolute Gasteiger partial charge is 0.264 e. The van der Waals surface area contributed by atoms with Gasteiger partial charge < -0.3 is 25.6 Å². The first-order chi connectivity index (χ1) is 14.9. The van der Waals surface area contributed by atoms with Crippen molar-refractivity contribution < 1.29 is 19.1 Å². The zero-order valence-corrected chi connectivity index (χ0v) is 17.8. The molecule has 8 heteroatoms. The third-order valence-corrected chi connectivity index (χ3v) is 5.25. The molecule has 0 saturated carbocycles. The standard InChI is InChI=1S/C23H28N4O4/c1-16-6-8-19(9-7-16)23(30)27-11-10-26(20(28)15-31-2)22(27)21(29)25-14-18-5-3-4-17(12-18)13-24/h3-9,12,22H,10-11,13-15,24H2,1-2H3,(H,25,29). The van der Waals surface area contributed by atoms with Gasteiger partial charge in [-0.3, -0.25) is 14.4 Å². The number of methoxy groups -OCH3 is 1. The molecule has 3 N–H and O–H groups in total. The summed E-state index contributed by atoms with van der Waals surface area (Å²) in [5, 5.41) is 2.86. The molecular weight excluding hydrogens is 396 g/mol. The van der Waals surface area contributed by atoms with Crippen molar-refractivity contribution in [2.75, 3.05) is 26.8 Å². The van der Waals surface area contributed by atoms with Gasteiger partial charge in [-0.2, -0.15) is 0 Å². The van der Waals surface area contributed by atoms with E-state index in [2.05, 4.69) is 5.32 Å². The van der Waals surface area contributed by atoms with Crippen molar-refractivity contribution in [1.82, 2.24) is 15.1 Å². The summed E-state index contributed by atoms with van der Waals surface area (Å²) in [5.74, 6) is -1.05. The summed E-state index contributed by atoms with van der Waals surface area (Å²) in [6.45, 7) is 2.98. The van der Waals surface area contributed by atoms with Crippen molar-refractivity contribution in [3.05, 3.63) is 70.8 Å². The minimum Gasteiger partial charge on any atom is -0.375 e. The summed E-state index contributed by atoms with van der Waals surface area (Å²) >= 11 is 0. The molecule has 2 aromatic carbocycles. The average Bonchev–Trinajstić information content (AvgIpc) is 3.23. The van der Waals surface area contributed by atoms with E-state index < -0.39 is 12.1 Å². The van der Waals surface area contributed by atoms with Crippen LogP contribution in [0, 0.1) is 6.92 Å². The van der Waals surface area contributed by atoms with Crippen LogP contribution in [0.2, 0.25) is 0 Å². The van der Waals surface area contributed by atoms with Crippen LogP contribution in [0.5, 0.6) is 0 Å². The molecule has 1 atom stereocenters. The highest BCUT2D eigenvalue weighted by Crippen LogP contribution is 2.19. The van der Waals surface area contributed by atoms with E-state index in [1.54, 1.807) is 12.1 Å². The van der Waals surface area contributed by atoms with Gasteiger partial charge in [-0.15, -0.1) is 0 Å². The predicted molar refractivity (Wildman–Crippen MR) is 116 cm³/mol. The fourth-order valence-electron chi connectivity index (χ4n) is 3.60. The van der Waals surface area contributed by atoms with Crippen LogP contribution >= 0.6 is 0 Å². The second kappa shape index (κ2) is 10.2. The van der Waals surface area contributed by atoms with Crippen LogP contribution < -0.4 is 11.1 Å². The molecule has 0 aromatic heterocycles. The summed E-state index contributed by atoms with van der Waals surface area (Å²) in [4.78, 5) is 41.6. The van der Waals surface area contributed by atoms with Gasteiger partial charge in [0.2, 0.25) is 0 Å². The highest BCUT2D eigenvalue weighted by atomic mass is 16.5. The lowest BCUT2D eigenvalue weighted by Gasteiger charge is -2.29. The lowest BCUT2D eigenvalue weighted by atomic mass is 10.1. The van der Waals surface area contributed by atoms with Crippen molar-refractivity contribution in [2.24, 2.45) is 5.73 Å². The Morgan fingerprint density at radius 3 is 2.42 bits per heavy atom. The maximum Gasteiger partial charge on any atom is 0.264 e. The lowest BCUT2D eigenvalue weighted by molar-refractivity contribution is -0.143. The van der Waals surface area contributed by atoms with Gasteiger partial charge >= 0.3 is 0 Å². The van der Waals surface area contributed by atoms with E-state index in [4.69, 9.17) is 10.5 Å². The summed E-state index contributed by atoms with van der Waals surface area (Å²) in [6, 6.07) is 14.7. The SMILES string of the molecule is COCC(=O)N1CCN(C(=O)c2ccc(C)cc2)C1C(=O)NCc1cccc(CN)c1. The van der Waals surface area contributed by atoms with Crippen LogP contribution in [0.15, 0.2) is 48.5 Å². The highest BCUT2D eigenvalue weighted by Gasteiger charge is 2.42. The summed E-state index contributed by atoms with van der Waals surface area (Å²) in [5.41, 5.74) is 9.03. The number of nitrogens with zero attached hydrogens (tertiary/aromatic N) is 2. The molecule has 3 amide bonds. The van der Waals surface area contributed by atoms with Gasteiger partial charge in [0.05, 0.1) is 0 Å². The molecule has 0 aliphatic carbocycles. The number of rotatable bonds is 7. The van der Waals surface area contributed by atoms with E-state index in [0.717, 1.165) is 16.7 Å². The van der Waals surface area contributed by atoms with Crippen LogP contribution in [-0.2, 0) is 27.4 Å². The summed E-state index contributed by atoms with van der Waals surface area (Å²) in [7, 11) is 1.42. The van der Waals surface area contributed by atoms with Crippen LogP contribution in [0.3, 0.4) is 0 Å². The first kappa shape index (κ1) is 22.5. The lowest BCUT2D eigenvalue weighted by Crippen LogP contribution is -2.54. The molecule has 8 nitrogen and oxygen atoms in total. The van der Waals surface area contributed by atoms with Gasteiger partial charge in [0.15, 0.2) is 6.17 Å². The molecule has 0 radical (unpaired) electrons. The van der Waals surface area contributed by atoms with E-state index in [1.165, 1.54) is 16.9 Å². The van der Waals surface area contributed by atoms with E-state index in [0.29, 0.717) is 12.1 Å². The molecule has 1 aliphatic rings. The van der Waals surface area contributed by atoms with Gasteiger partial charge in [0.1, 0.15) is 6.61 Å². The quantitative estimate of drug-likeness (QED) is 0.691. The van der Waals surface area contributed by atoms with Gasteiger partial charge in [-0.25, -0.2) is 0 Å². The molecule has 0 spiro atoms. The Balaban J connectivity index is 1.80. The number of carbonyl (C=O) groups excluding carboxylic acids is 3. The number of hydrogen-bond donors (Lipinski definition) is 2. The number of nitrogens with one attached hydrogen (secondary N) is 1. The minimum atomic E-state index is -1.03. The zero-order valence-electron chi connectivity index (χ0n) is 17.8. The second-order valence-electron chi connectivity index (χ2n) is 7.50. The summed E-state index contributed by atoms with van der Waals surface area (Å²) < 4.78 is 4.95. The molecule has 3 rings (SSSR count). The molecule has 1 heterocycles. The molecule has 0 bridgehead atoms. The number of ether oxygens (including phenoxy) is 1. The molecule has 2 aromatic rings. The van der Waals surface area contributed by atoms with Gasteiger partial charge in [0.25, 0.3) is 17.7 Å². The monoisotopic (exact) mass is 424 g/mol. The average molecular weight is 425 g/mol.